The van der Waals surface area contributed by atoms with Crippen molar-refractivity contribution in [2.45, 2.75) is 25.3 Å². The van der Waals surface area contributed by atoms with Crippen LogP contribution in [0.4, 0.5) is 9.80 Å². The third kappa shape index (κ3) is 5.04. The summed E-state index contributed by atoms with van der Waals surface area (Å²) in [6.45, 7) is 0. The second kappa shape index (κ2) is 8.45. The van der Waals surface area contributed by atoms with E-state index in [1.165, 1.54) is 11.3 Å². The van der Waals surface area contributed by atoms with Gasteiger partial charge in [0.15, 0.2) is 0 Å². The van der Waals surface area contributed by atoms with Gasteiger partial charge in [-0.25, -0.2) is 4.79 Å². The molecule has 0 aliphatic rings. The number of rotatable bonds is 8. The molecule has 1 aromatic carbocycles. The fourth-order valence-corrected chi connectivity index (χ4v) is 3.51. The van der Waals surface area contributed by atoms with Crippen molar-refractivity contribution in [3.05, 3.63) is 41.5 Å². The summed E-state index contributed by atoms with van der Waals surface area (Å²) in [4.78, 5) is 34.1. The molecule has 0 spiro atoms. The number of aliphatic carboxylic acids is 1. The second-order valence-electron chi connectivity index (χ2n) is 5.74. The predicted octanol–water partition coefficient (Wildman–Crippen LogP) is 1.74. The lowest BCUT2D eigenvalue weighted by atomic mass is 10.0. The van der Waals surface area contributed by atoms with Crippen molar-refractivity contribution in [2.24, 2.45) is 17.2 Å². The monoisotopic (exact) mass is 376 g/mol. The normalized spacial score (nSPS) is 11.7. The molecular formula is C17H20N4O4S. The zero-order chi connectivity index (χ0) is 19.3. The van der Waals surface area contributed by atoms with Crippen LogP contribution in [0.3, 0.4) is 0 Å². The Hall–Kier alpha value is -2.91. The van der Waals surface area contributed by atoms with Crippen LogP contribution in [0.25, 0.3) is 10.4 Å². The molecule has 1 heterocycles. The number of thiophene rings is 1. The molecule has 1 aromatic heterocycles. The summed E-state index contributed by atoms with van der Waals surface area (Å²) in [5, 5.41) is 11.5. The molecule has 0 saturated heterocycles. The summed E-state index contributed by atoms with van der Waals surface area (Å²) in [6, 6.07) is 7.58. The number of primary amides is 2. The second-order valence-corrected chi connectivity index (χ2v) is 6.80. The van der Waals surface area contributed by atoms with Crippen molar-refractivity contribution in [1.29, 1.82) is 0 Å². The molecule has 0 fully saturated rings. The number of aryl methyl sites for hydroxylation is 1. The van der Waals surface area contributed by atoms with Crippen LogP contribution in [0.5, 0.6) is 0 Å². The average Bonchev–Trinajstić information content (AvgIpc) is 2.98. The molecule has 3 amide bonds. The van der Waals surface area contributed by atoms with E-state index < -0.39 is 23.9 Å². The van der Waals surface area contributed by atoms with Gasteiger partial charge >= 0.3 is 12.0 Å². The number of nitrogens with two attached hydrogens (primary N) is 3. The fourth-order valence-electron chi connectivity index (χ4n) is 2.45. The van der Waals surface area contributed by atoms with Crippen LogP contribution < -0.4 is 22.5 Å². The Balaban J connectivity index is 2.17. The summed E-state index contributed by atoms with van der Waals surface area (Å²) in [5.41, 5.74) is 18.0. The fraction of sp³-hybridized carbons (Fsp3) is 0.235. The Morgan fingerprint density at radius 1 is 1.19 bits per heavy atom. The molecule has 0 unspecified atom stereocenters. The lowest BCUT2D eigenvalue weighted by Crippen LogP contribution is -2.29. The largest absolute Gasteiger partial charge is 0.480 e. The van der Waals surface area contributed by atoms with Crippen LogP contribution in [0.2, 0.25) is 0 Å². The smallest absolute Gasteiger partial charge is 0.320 e. The van der Waals surface area contributed by atoms with Gasteiger partial charge in [-0.15, -0.1) is 11.3 Å². The molecule has 1 atom stereocenters. The van der Waals surface area contributed by atoms with Gasteiger partial charge in [-0.1, -0.05) is 24.3 Å². The summed E-state index contributed by atoms with van der Waals surface area (Å²) in [5.74, 6) is -1.67. The van der Waals surface area contributed by atoms with Crippen molar-refractivity contribution < 1.29 is 19.5 Å². The molecule has 0 saturated carbocycles. The van der Waals surface area contributed by atoms with E-state index in [-0.39, 0.29) is 5.56 Å². The third-order valence-electron chi connectivity index (χ3n) is 3.74. The van der Waals surface area contributed by atoms with E-state index in [1.807, 2.05) is 24.3 Å². The van der Waals surface area contributed by atoms with Crippen molar-refractivity contribution in [1.82, 2.24) is 0 Å². The van der Waals surface area contributed by atoms with E-state index in [0.29, 0.717) is 24.3 Å². The van der Waals surface area contributed by atoms with Crippen LogP contribution in [0.1, 0.15) is 28.8 Å². The first-order valence-corrected chi connectivity index (χ1v) is 8.67. The Kier molecular flexibility index (Phi) is 6.31. The van der Waals surface area contributed by atoms with Crippen molar-refractivity contribution in [2.75, 3.05) is 5.32 Å². The van der Waals surface area contributed by atoms with Gasteiger partial charge in [-0.2, -0.15) is 0 Å². The highest BCUT2D eigenvalue weighted by molar-refractivity contribution is 7.20. The minimum absolute atomic E-state index is 0.196. The minimum Gasteiger partial charge on any atom is -0.480 e. The first-order chi connectivity index (χ1) is 12.3. The third-order valence-corrected chi connectivity index (χ3v) is 4.84. The summed E-state index contributed by atoms with van der Waals surface area (Å²) < 4.78 is 0. The van der Waals surface area contributed by atoms with Gasteiger partial charge in [0.25, 0.3) is 5.91 Å². The van der Waals surface area contributed by atoms with Gasteiger partial charge in [0.1, 0.15) is 11.0 Å². The Morgan fingerprint density at radius 2 is 1.92 bits per heavy atom. The Bertz CT molecular complexity index is 834. The lowest BCUT2D eigenvalue weighted by molar-refractivity contribution is -0.138. The van der Waals surface area contributed by atoms with Crippen LogP contribution in [0, 0.1) is 0 Å². The van der Waals surface area contributed by atoms with E-state index in [9.17, 15) is 14.4 Å². The minimum atomic E-state index is -1.01. The molecule has 0 aliphatic carbocycles. The molecule has 8 nitrogen and oxygen atoms in total. The topological polar surface area (TPSA) is 162 Å². The lowest BCUT2D eigenvalue weighted by Gasteiger charge is -2.07. The highest BCUT2D eigenvalue weighted by atomic mass is 32.1. The average molecular weight is 376 g/mol. The molecule has 2 rings (SSSR count). The maximum atomic E-state index is 11.6. The van der Waals surface area contributed by atoms with E-state index in [1.54, 1.807) is 6.07 Å². The maximum absolute atomic E-state index is 11.6. The van der Waals surface area contributed by atoms with Gasteiger partial charge in [-0.3, -0.25) is 14.9 Å². The number of carboxylic acids is 1. The number of benzene rings is 1. The van der Waals surface area contributed by atoms with E-state index in [0.717, 1.165) is 16.0 Å². The van der Waals surface area contributed by atoms with E-state index >= 15 is 0 Å². The molecule has 8 N–H and O–H groups in total. The Labute approximate surface area is 154 Å². The number of nitrogens with one attached hydrogen (secondary N) is 1. The van der Waals surface area contributed by atoms with Gasteiger partial charge in [0.05, 0.1) is 5.56 Å². The molecule has 2 aromatic rings. The zero-order valence-electron chi connectivity index (χ0n) is 13.9. The standard InChI is InChI=1S/C17H20N4O4S/c18-12(16(23)24)6-2-4-9-3-1-5-10(7-9)13-8-11(14(19)22)15(26-13)21-17(20)25/h1,3,5,7-8,12H,2,4,6,18H2,(H2,19,22)(H,23,24)(H3,20,21,25)/t12-/m0/s1. The van der Waals surface area contributed by atoms with Crippen LogP contribution in [0.15, 0.2) is 30.3 Å². The summed E-state index contributed by atoms with van der Waals surface area (Å²) >= 11 is 1.20. The number of carbonyl (C=O) groups is 3. The van der Waals surface area contributed by atoms with E-state index in [4.69, 9.17) is 22.3 Å². The number of hydrogen-bond acceptors (Lipinski definition) is 5. The maximum Gasteiger partial charge on any atom is 0.320 e. The molecule has 0 bridgehead atoms. The summed E-state index contributed by atoms with van der Waals surface area (Å²) in [6.07, 6.45) is 1.70. The van der Waals surface area contributed by atoms with Crippen LogP contribution >= 0.6 is 11.3 Å². The van der Waals surface area contributed by atoms with Crippen LogP contribution in [-0.2, 0) is 11.2 Å². The first kappa shape index (κ1) is 19.4. The van der Waals surface area contributed by atoms with Gasteiger partial charge in [0, 0.05) is 4.88 Å². The number of hydrogen-bond donors (Lipinski definition) is 5. The SMILES string of the molecule is NC(=O)Nc1sc(-c2cccc(CCC[C@H](N)C(=O)O)c2)cc1C(N)=O. The van der Waals surface area contributed by atoms with Crippen molar-refractivity contribution in [3.63, 3.8) is 0 Å². The van der Waals surface area contributed by atoms with Crippen molar-refractivity contribution >= 4 is 34.2 Å². The predicted molar refractivity (Wildman–Crippen MR) is 100 cm³/mol. The number of carboxylic acid groups (broad SMARTS) is 1. The van der Waals surface area contributed by atoms with Crippen molar-refractivity contribution in [3.8, 4) is 10.4 Å². The van der Waals surface area contributed by atoms with Gasteiger partial charge < -0.3 is 22.3 Å². The quantitative estimate of drug-likeness (QED) is 0.473. The number of amides is 3. The zero-order valence-corrected chi connectivity index (χ0v) is 14.7. The highest BCUT2D eigenvalue weighted by Gasteiger charge is 2.16. The highest BCUT2D eigenvalue weighted by Crippen LogP contribution is 2.35. The molecule has 9 heteroatoms. The first-order valence-electron chi connectivity index (χ1n) is 7.85. The van der Waals surface area contributed by atoms with E-state index in [2.05, 4.69) is 5.32 Å². The molecule has 0 radical (unpaired) electrons. The Morgan fingerprint density at radius 3 is 2.54 bits per heavy atom. The molecule has 0 aliphatic heterocycles. The number of carbonyl (C=O) groups excluding carboxylic acids is 2. The number of anilines is 1. The molecular weight excluding hydrogens is 356 g/mol. The molecule has 26 heavy (non-hydrogen) atoms. The summed E-state index contributed by atoms with van der Waals surface area (Å²) in [7, 11) is 0. The van der Waals surface area contributed by atoms with Gasteiger partial charge in [0.2, 0.25) is 0 Å². The van der Waals surface area contributed by atoms with Gasteiger partial charge in [-0.05, 0) is 36.5 Å². The molecule has 138 valence electrons. The number of urea groups is 1. The van der Waals surface area contributed by atoms with Crippen LogP contribution in [-0.4, -0.2) is 29.1 Å².